The molecular formula is C39H65N3O30. The first-order valence-corrected chi connectivity index (χ1v) is 22.4. The van der Waals surface area contributed by atoms with Crippen LogP contribution < -0.4 is 16.0 Å². The Morgan fingerprint density at radius 2 is 1.08 bits per heavy atom. The van der Waals surface area contributed by atoms with E-state index < -0.39 is 229 Å². The van der Waals surface area contributed by atoms with Crippen LogP contribution in [0.15, 0.2) is 0 Å². The van der Waals surface area contributed by atoms with Crippen LogP contribution in [0.3, 0.4) is 0 Å². The standard InChI is InChI=1S/C39H65N3O30/c1-10(49)40-20-25(57)23(55)14(5-44)65-35(20)69-30-17(8-47)67-36(70-33-24(56)15(6-45)66-37(28(33)60)68-29-16(7-46)64-34(61)27(59)26(29)58)21(41-11(2)50)32(30)72-39(38(62)63)3-12(51)19(42-18(53)9-48)31(71-39)22(54)13(52)4-43/h12-17,19-37,43-48,51-52,54-61H,3-9H2,1-2H3,(H,40,49)(H,41,50)(H,42,53)(H,62,63)/t12-,13+,14+,15+,16+,17+,19+,20+,21+,22+,23-,24-,25+,26+,27+,28+,29-,30-,31+,32+,33-,34?,35-,36-,37-,39-/m0/s1. The highest BCUT2D eigenvalue weighted by atomic mass is 16.8. The molecule has 0 aliphatic carbocycles. The van der Waals surface area contributed by atoms with Gasteiger partial charge in [-0.1, -0.05) is 0 Å². The highest BCUT2D eigenvalue weighted by Gasteiger charge is 2.62. The van der Waals surface area contributed by atoms with E-state index in [0.29, 0.717) is 0 Å². The van der Waals surface area contributed by atoms with Crippen LogP contribution in [0.2, 0.25) is 0 Å². The second-order valence-electron chi connectivity index (χ2n) is 17.6. The Hall–Kier alpha value is -3.12. The first-order chi connectivity index (χ1) is 33.9. The fourth-order valence-corrected chi connectivity index (χ4v) is 8.94. The van der Waals surface area contributed by atoms with Gasteiger partial charge in [0.1, 0.15) is 122 Å². The van der Waals surface area contributed by atoms with Crippen molar-refractivity contribution in [1.29, 1.82) is 0 Å². The monoisotopic (exact) mass is 1060 g/mol. The van der Waals surface area contributed by atoms with Gasteiger partial charge in [0.2, 0.25) is 17.7 Å². The molecule has 0 spiro atoms. The summed E-state index contributed by atoms with van der Waals surface area (Å²) in [7, 11) is 0. The van der Waals surface area contributed by atoms with Gasteiger partial charge < -0.3 is 145 Å². The molecule has 0 aromatic rings. The van der Waals surface area contributed by atoms with Crippen molar-refractivity contribution in [2.24, 2.45) is 0 Å². The third kappa shape index (κ3) is 12.9. The van der Waals surface area contributed by atoms with Crippen molar-refractivity contribution in [3.05, 3.63) is 0 Å². The molecule has 5 rings (SSSR count). The maximum absolute atomic E-state index is 13.6. The smallest absolute Gasteiger partial charge is 0.364 e. The lowest BCUT2D eigenvalue weighted by atomic mass is 9.87. The summed E-state index contributed by atoms with van der Waals surface area (Å²) in [5.74, 6) is -8.68. The van der Waals surface area contributed by atoms with Gasteiger partial charge in [0, 0.05) is 20.3 Å². The van der Waals surface area contributed by atoms with Crippen LogP contribution in [0.1, 0.15) is 20.3 Å². The summed E-state index contributed by atoms with van der Waals surface area (Å²) < 4.78 is 52.3. The van der Waals surface area contributed by atoms with Crippen LogP contribution in [0, 0.1) is 0 Å². The lowest BCUT2D eigenvalue weighted by Gasteiger charge is -2.53. The van der Waals surface area contributed by atoms with Crippen molar-refractivity contribution in [3.8, 4) is 0 Å². The van der Waals surface area contributed by atoms with Crippen LogP contribution in [0.4, 0.5) is 0 Å². The minimum atomic E-state index is -3.39. The fraction of sp³-hybridized carbons (Fsp3) is 0.897. The molecule has 5 saturated heterocycles. The van der Waals surface area contributed by atoms with Crippen LogP contribution >= 0.6 is 0 Å². The summed E-state index contributed by atoms with van der Waals surface area (Å²) in [4.78, 5) is 51.5. The number of ether oxygens (including phenoxy) is 9. The molecular weight excluding hydrogens is 990 g/mol. The van der Waals surface area contributed by atoms with Gasteiger partial charge >= 0.3 is 5.97 Å². The second-order valence-corrected chi connectivity index (χ2v) is 17.6. The number of hydrogen-bond acceptors (Lipinski definition) is 29. The molecule has 26 atom stereocenters. The lowest BCUT2D eigenvalue weighted by Crippen LogP contribution is -2.74. The normalized spacial score (nSPS) is 44.6. The van der Waals surface area contributed by atoms with Crippen molar-refractivity contribution < 1.29 is 149 Å². The average Bonchev–Trinajstić information content (AvgIpc) is 3.34. The SMILES string of the molecule is CC(=O)N[C@H]1[C@H](O[C@@H]2[C@H](O[C@]3(C(=O)O)C[C@H](O)[C@@H](NC(=O)CO)[C@H]([C@H](O)[C@H](O)CO)O3)[C@@H](NC(C)=O)[C@H](O[C@H]3[C@@H](O)[C@@H](CO)O[C@@H](O[C@@H]4[C@H](O)[C@@H](O)C(O)O[C@@H]4CO)[C@@H]3O)O[C@@H]2CO)O[C@H](CO)[C@H](O)[C@@H]1O. The van der Waals surface area contributed by atoms with Crippen molar-refractivity contribution in [2.45, 2.75) is 179 Å². The van der Waals surface area contributed by atoms with E-state index in [-0.39, 0.29) is 0 Å². The van der Waals surface area contributed by atoms with Gasteiger partial charge in [-0.15, -0.1) is 0 Å². The molecule has 5 fully saturated rings. The number of carbonyl (C=O) groups is 4. The fourth-order valence-electron chi connectivity index (χ4n) is 8.94. The van der Waals surface area contributed by atoms with Crippen molar-refractivity contribution in [2.75, 3.05) is 39.6 Å². The number of carbonyl (C=O) groups excluding carboxylic acids is 3. The van der Waals surface area contributed by atoms with E-state index in [1.807, 2.05) is 0 Å². The number of aliphatic hydroxyl groups is 16. The number of rotatable bonds is 20. The molecule has 5 heterocycles. The van der Waals surface area contributed by atoms with Crippen molar-refractivity contribution in [3.63, 3.8) is 0 Å². The Bertz CT molecular complexity index is 1790. The maximum Gasteiger partial charge on any atom is 0.364 e. The molecule has 0 aromatic carbocycles. The van der Waals surface area contributed by atoms with Crippen LogP contribution in [0.25, 0.3) is 0 Å². The zero-order chi connectivity index (χ0) is 53.7. The molecule has 0 radical (unpaired) electrons. The second kappa shape index (κ2) is 25.6. The van der Waals surface area contributed by atoms with Gasteiger partial charge in [0.25, 0.3) is 5.79 Å². The Kier molecular flexibility index (Phi) is 21.3. The van der Waals surface area contributed by atoms with Crippen LogP contribution in [-0.2, 0) is 61.8 Å². The molecule has 20 N–H and O–H groups in total. The highest BCUT2D eigenvalue weighted by molar-refractivity contribution is 5.78. The predicted octanol–water partition coefficient (Wildman–Crippen LogP) is -13.3. The summed E-state index contributed by atoms with van der Waals surface area (Å²) in [6.07, 6.45) is -46.8. The number of nitrogens with one attached hydrogen (secondary N) is 3. The van der Waals surface area contributed by atoms with Gasteiger partial charge in [0.05, 0.1) is 45.2 Å². The molecule has 0 bridgehead atoms. The number of aliphatic hydroxyl groups excluding tert-OH is 16. The molecule has 72 heavy (non-hydrogen) atoms. The van der Waals surface area contributed by atoms with E-state index >= 15 is 0 Å². The Labute approximate surface area is 406 Å². The molecule has 3 amide bonds. The predicted molar refractivity (Wildman–Crippen MR) is 220 cm³/mol. The largest absolute Gasteiger partial charge is 0.477 e. The van der Waals surface area contributed by atoms with Gasteiger partial charge in [-0.2, -0.15) is 0 Å². The average molecular weight is 1060 g/mol. The molecule has 33 heteroatoms. The van der Waals surface area contributed by atoms with Crippen LogP contribution in [-0.4, -0.2) is 309 Å². The molecule has 0 saturated carbocycles. The zero-order valence-corrected chi connectivity index (χ0v) is 38.3. The first-order valence-electron chi connectivity index (χ1n) is 22.4. The molecule has 5 aliphatic heterocycles. The van der Waals surface area contributed by atoms with E-state index in [9.17, 15) is 106 Å². The molecule has 0 aromatic heterocycles. The molecule has 33 nitrogen and oxygen atoms in total. The summed E-state index contributed by atoms with van der Waals surface area (Å²) in [6, 6.07) is -5.81. The number of carboxylic acids is 1. The third-order valence-corrected chi connectivity index (χ3v) is 12.6. The zero-order valence-electron chi connectivity index (χ0n) is 38.3. The summed E-state index contributed by atoms with van der Waals surface area (Å²) in [5.41, 5.74) is 0. The highest BCUT2D eigenvalue weighted by Crippen LogP contribution is 2.40. The Morgan fingerprint density at radius 3 is 1.64 bits per heavy atom. The van der Waals surface area contributed by atoms with E-state index in [1.54, 1.807) is 0 Å². The molecule has 5 aliphatic rings. The topological polar surface area (TPSA) is 531 Å². The van der Waals surface area contributed by atoms with Gasteiger partial charge in [-0.25, -0.2) is 4.79 Å². The molecule has 1 unspecified atom stereocenters. The summed E-state index contributed by atoms with van der Waals surface area (Å²) >= 11 is 0. The quantitative estimate of drug-likeness (QED) is 0.0538. The van der Waals surface area contributed by atoms with E-state index in [2.05, 4.69) is 16.0 Å². The molecule has 416 valence electrons. The van der Waals surface area contributed by atoms with Crippen molar-refractivity contribution in [1.82, 2.24) is 16.0 Å². The maximum atomic E-state index is 13.6. The number of amides is 3. The van der Waals surface area contributed by atoms with E-state index in [1.165, 1.54) is 0 Å². The number of hydrogen-bond donors (Lipinski definition) is 20. The minimum Gasteiger partial charge on any atom is -0.477 e. The summed E-state index contributed by atoms with van der Waals surface area (Å²) in [5, 5.41) is 187. The Morgan fingerprint density at radius 1 is 0.569 bits per heavy atom. The Balaban J connectivity index is 1.64. The van der Waals surface area contributed by atoms with Gasteiger partial charge in [-0.05, 0) is 0 Å². The summed E-state index contributed by atoms with van der Waals surface area (Å²) in [6.45, 7) is -4.86. The first kappa shape index (κ1) is 59.8. The minimum absolute atomic E-state index is 0.864. The third-order valence-electron chi connectivity index (χ3n) is 12.6. The number of aliphatic carboxylic acids is 1. The van der Waals surface area contributed by atoms with Gasteiger partial charge in [-0.3, -0.25) is 14.4 Å². The van der Waals surface area contributed by atoms with Gasteiger partial charge in [0.15, 0.2) is 25.2 Å². The van der Waals surface area contributed by atoms with Crippen molar-refractivity contribution >= 4 is 23.7 Å². The van der Waals surface area contributed by atoms with Crippen LogP contribution in [0.5, 0.6) is 0 Å². The van der Waals surface area contributed by atoms with E-state index in [4.69, 9.17) is 42.6 Å². The number of carboxylic acid groups (broad SMARTS) is 1. The lowest BCUT2D eigenvalue weighted by molar-refractivity contribution is -0.392. The van der Waals surface area contributed by atoms with E-state index in [0.717, 1.165) is 13.8 Å².